The molecule has 0 radical (unpaired) electrons. The molecular formula is C20H23N3O2S. The van der Waals surface area contributed by atoms with Crippen LogP contribution in [-0.4, -0.2) is 23.2 Å². The molecule has 0 bridgehead atoms. The van der Waals surface area contributed by atoms with Crippen molar-refractivity contribution in [2.45, 2.75) is 32.1 Å². The number of nitrogens with zero attached hydrogens (tertiary/aromatic N) is 2. The summed E-state index contributed by atoms with van der Waals surface area (Å²) in [5.41, 5.74) is 2.53. The molecule has 2 heterocycles. The van der Waals surface area contributed by atoms with Gasteiger partial charge < -0.3 is 10.1 Å². The molecule has 3 aromatic rings. The highest BCUT2D eigenvalue weighted by Crippen LogP contribution is 2.34. The van der Waals surface area contributed by atoms with Crippen LogP contribution in [0.1, 0.15) is 28.8 Å². The van der Waals surface area contributed by atoms with Gasteiger partial charge in [0.05, 0.1) is 12.5 Å². The Labute approximate surface area is 156 Å². The summed E-state index contributed by atoms with van der Waals surface area (Å²) in [5.74, 6) is 1.51. The Hall–Kier alpha value is -2.34. The standard InChI is InChI=1S/C20H23N3O2S/c1-23-19(24)17-15-5-3-4-6-16(15)26-18(17)22-20(23)21-12-11-13-7-9-14(25-2)10-8-13/h7-10H,3-6,11-12H2,1-2H3,(H,21,22). The number of nitrogens with one attached hydrogen (secondary N) is 1. The summed E-state index contributed by atoms with van der Waals surface area (Å²) in [6.45, 7) is 0.725. The van der Waals surface area contributed by atoms with Crippen molar-refractivity contribution in [3.05, 3.63) is 50.6 Å². The highest BCUT2D eigenvalue weighted by atomic mass is 32.1. The highest BCUT2D eigenvalue weighted by molar-refractivity contribution is 7.18. The minimum Gasteiger partial charge on any atom is -0.497 e. The fourth-order valence-corrected chi connectivity index (χ4v) is 4.81. The zero-order chi connectivity index (χ0) is 18.1. The van der Waals surface area contributed by atoms with Crippen LogP contribution in [0.15, 0.2) is 29.1 Å². The lowest BCUT2D eigenvalue weighted by Gasteiger charge is -2.12. The minimum absolute atomic E-state index is 0.0707. The molecule has 1 aliphatic carbocycles. The molecule has 1 aliphatic rings. The molecule has 1 N–H and O–H groups in total. The molecule has 0 aliphatic heterocycles. The van der Waals surface area contributed by atoms with Gasteiger partial charge in [0.1, 0.15) is 10.6 Å². The van der Waals surface area contributed by atoms with Gasteiger partial charge in [-0.3, -0.25) is 9.36 Å². The Morgan fingerprint density at radius 3 is 2.77 bits per heavy atom. The third-order valence-corrected chi connectivity index (χ3v) is 6.24. The lowest BCUT2D eigenvalue weighted by molar-refractivity contribution is 0.414. The maximum atomic E-state index is 12.9. The number of hydrogen-bond acceptors (Lipinski definition) is 5. The molecule has 26 heavy (non-hydrogen) atoms. The van der Waals surface area contributed by atoms with E-state index in [0.717, 1.165) is 41.8 Å². The predicted octanol–water partition coefficient (Wildman–Crippen LogP) is 3.54. The van der Waals surface area contributed by atoms with E-state index in [1.807, 2.05) is 12.1 Å². The summed E-state index contributed by atoms with van der Waals surface area (Å²) in [5, 5.41) is 4.17. The Morgan fingerprint density at radius 1 is 1.23 bits per heavy atom. The molecule has 6 heteroatoms. The second kappa shape index (κ2) is 7.11. The number of rotatable bonds is 5. The summed E-state index contributed by atoms with van der Waals surface area (Å²) in [6.07, 6.45) is 5.34. The van der Waals surface area contributed by atoms with Crippen LogP contribution in [0.3, 0.4) is 0 Å². The average molecular weight is 369 g/mol. The van der Waals surface area contributed by atoms with Crippen LogP contribution in [0, 0.1) is 0 Å². The van der Waals surface area contributed by atoms with Gasteiger partial charge in [0.15, 0.2) is 0 Å². The number of fused-ring (bicyclic) bond motifs is 3. The number of hydrogen-bond donors (Lipinski definition) is 1. The van der Waals surface area contributed by atoms with Crippen LogP contribution in [0.2, 0.25) is 0 Å². The van der Waals surface area contributed by atoms with Crippen LogP contribution in [0.5, 0.6) is 5.75 Å². The molecule has 0 amide bonds. The fraction of sp³-hybridized carbons (Fsp3) is 0.400. The molecule has 5 nitrogen and oxygen atoms in total. The molecule has 0 atom stereocenters. The summed E-state index contributed by atoms with van der Waals surface area (Å²) >= 11 is 1.69. The minimum atomic E-state index is 0.0707. The SMILES string of the molecule is COc1ccc(CCNc2nc3sc4c(c3c(=O)n2C)CCCC4)cc1. The van der Waals surface area contributed by atoms with E-state index in [4.69, 9.17) is 9.72 Å². The lowest BCUT2D eigenvalue weighted by Crippen LogP contribution is -2.23. The van der Waals surface area contributed by atoms with E-state index < -0.39 is 0 Å². The van der Waals surface area contributed by atoms with Crippen LogP contribution in [-0.2, 0) is 26.3 Å². The van der Waals surface area contributed by atoms with Crippen LogP contribution in [0.4, 0.5) is 5.95 Å². The van der Waals surface area contributed by atoms with Gasteiger partial charge in [0, 0.05) is 18.5 Å². The maximum Gasteiger partial charge on any atom is 0.263 e. The van der Waals surface area contributed by atoms with Crippen molar-refractivity contribution in [2.24, 2.45) is 7.05 Å². The first-order valence-electron chi connectivity index (χ1n) is 9.05. The van der Waals surface area contributed by atoms with Gasteiger partial charge in [-0.05, 0) is 55.4 Å². The van der Waals surface area contributed by atoms with E-state index in [-0.39, 0.29) is 5.56 Å². The Kier molecular flexibility index (Phi) is 4.68. The lowest BCUT2D eigenvalue weighted by atomic mass is 9.97. The molecule has 0 saturated carbocycles. The second-order valence-corrected chi connectivity index (χ2v) is 7.80. The van der Waals surface area contributed by atoms with E-state index in [2.05, 4.69) is 17.4 Å². The summed E-state index contributed by atoms with van der Waals surface area (Å²) in [6, 6.07) is 8.05. The first-order chi connectivity index (χ1) is 12.7. The average Bonchev–Trinajstić information content (AvgIpc) is 3.04. The van der Waals surface area contributed by atoms with Gasteiger partial charge >= 0.3 is 0 Å². The van der Waals surface area contributed by atoms with Gasteiger partial charge in [-0.25, -0.2) is 4.98 Å². The predicted molar refractivity (Wildman–Crippen MR) is 107 cm³/mol. The van der Waals surface area contributed by atoms with Crippen molar-refractivity contribution in [1.29, 1.82) is 0 Å². The van der Waals surface area contributed by atoms with Crippen LogP contribution in [0.25, 0.3) is 10.2 Å². The molecule has 0 fully saturated rings. The highest BCUT2D eigenvalue weighted by Gasteiger charge is 2.20. The molecule has 136 valence electrons. The van der Waals surface area contributed by atoms with E-state index in [1.165, 1.54) is 28.8 Å². The van der Waals surface area contributed by atoms with Gasteiger partial charge in [-0.1, -0.05) is 12.1 Å². The first-order valence-corrected chi connectivity index (χ1v) is 9.87. The smallest absolute Gasteiger partial charge is 0.263 e. The maximum absolute atomic E-state index is 12.9. The molecule has 2 aromatic heterocycles. The molecule has 0 unspecified atom stereocenters. The number of benzene rings is 1. The van der Waals surface area contributed by atoms with E-state index in [9.17, 15) is 4.79 Å². The van der Waals surface area contributed by atoms with Crippen molar-refractivity contribution >= 4 is 27.5 Å². The Morgan fingerprint density at radius 2 is 2.00 bits per heavy atom. The van der Waals surface area contributed by atoms with E-state index in [1.54, 1.807) is 30.1 Å². The quantitative estimate of drug-likeness (QED) is 0.747. The van der Waals surface area contributed by atoms with E-state index in [0.29, 0.717) is 5.95 Å². The first kappa shape index (κ1) is 17.1. The third kappa shape index (κ3) is 3.09. The van der Waals surface area contributed by atoms with Gasteiger partial charge in [0.2, 0.25) is 5.95 Å². The summed E-state index contributed by atoms with van der Waals surface area (Å²) in [7, 11) is 3.47. The number of methoxy groups -OCH3 is 1. The molecule has 4 rings (SSSR count). The van der Waals surface area contributed by atoms with Crippen LogP contribution < -0.4 is 15.6 Å². The zero-order valence-electron chi connectivity index (χ0n) is 15.2. The van der Waals surface area contributed by atoms with E-state index >= 15 is 0 Å². The zero-order valence-corrected chi connectivity index (χ0v) is 16.0. The van der Waals surface area contributed by atoms with Crippen molar-refractivity contribution in [2.75, 3.05) is 19.0 Å². The summed E-state index contributed by atoms with van der Waals surface area (Å²) in [4.78, 5) is 19.8. The van der Waals surface area contributed by atoms with Crippen molar-refractivity contribution < 1.29 is 4.74 Å². The van der Waals surface area contributed by atoms with Crippen molar-refractivity contribution in [3.63, 3.8) is 0 Å². The third-order valence-electron chi connectivity index (χ3n) is 5.05. The number of anilines is 1. The number of aromatic nitrogens is 2. The monoisotopic (exact) mass is 369 g/mol. The molecular weight excluding hydrogens is 346 g/mol. The van der Waals surface area contributed by atoms with Crippen molar-refractivity contribution in [3.8, 4) is 5.75 Å². The Balaban J connectivity index is 1.54. The normalized spacial score (nSPS) is 13.6. The topological polar surface area (TPSA) is 56.1 Å². The van der Waals surface area contributed by atoms with Gasteiger partial charge in [-0.15, -0.1) is 11.3 Å². The number of thiophene rings is 1. The summed E-state index contributed by atoms with van der Waals surface area (Å²) < 4.78 is 6.84. The molecule has 1 aromatic carbocycles. The number of aryl methyl sites for hydroxylation is 2. The largest absolute Gasteiger partial charge is 0.497 e. The molecule has 0 saturated heterocycles. The Bertz CT molecular complexity index is 989. The second-order valence-electron chi connectivity index (χ2n) is 6.72. The van der Waals surface area contributed by atoms with Crippen molar-refractivity contribution in [1.82, 2.24) is 9.55 Å². The molecule has 0 spiro atoms. The van der Waals surface area contributed by atoms with Gasteiger partial charge in [0.25, 0.3) is 5.56 Å². The number of ether oxygens (including phenoxy) is 1. The fourth-order valence-electron chi connectivity index (χ4n) is 3.55. The van der Waals surface area contributed by atoms with Crippen LogP contribution >= 0.6 is 11.3 Å². The van der Waals surface area contributed by atoms with Gasteiger partial charge in [-0.2, -0.15) is 0 Å².